The first-order valence-electron chi connectivity index (χ1n) is 5.72. The highest BCUT2D eigenvalue weighted by molar-refractivity contribution is 9.11. The lowest BCUT2D eigenvalue weighted by Gasteiger charge is -2.11. The van der Waals surface area contributed by atoms with E-state index >= 15 is 0 Å². The Labute approximate surface area is 146 Å². The number of halogens is 4. The fourth-order valence-corrected chi connectivity index (χ4v) is 4.11. The fourth-order valence-electron chi connectivity index (χ4n) is 1.65. The molecule has 0 unspecified atom stereocenters. The molecule has 1 N–H and O–H groups in total. The average Bonchev–Trinajstić information content (AvgIpc) is 2.42. The maximum atomic E-state index is 13.9. The fraction of sp³-hybridized carbons (Fsp3) is 0.0714. The SMILES string of the molecule is COc1ccc(C(=O)Nc2c(Br)cc(Br)cc2Br)c(F)c1. The average molecular weight is 482 g/mol. The molecule has 3 nitrogen and oxygen atoms in total. The van der Waals surface area contributed by atoms with Gasteiger partial charge in [-0.3, -0.25) is 4.79 Å². The van der Waals surface area contributed by atoms with Gasteiger partial charge >= 0.3 is 0 Å². The van der Waals surface area contributed by atoms with Crippen LogP contribution in [0.4, 0.5) is 10.1 Å². The summed E-state index contributed by atoms with van der Waals surface area (Å²) in [6.07, 6.45) is 0. The molecular formula is C14H9Br3FNO2. The highest BCUT2D eigenvalue weighted by Gasteiger charge is 2.16. The standard InChI is InChI=1S/C14H9Br3FNO2/c1-21-8-2-3-9(12(18)6-8)14(20)19-13-10(16)4-7(15)5-11(13)17/h2-6H,1H3,(H,19,20). The van der Waals surface area contributed by atoms with Crippen molar-refractivity contribution < 1.29 is 13.9 Å². The van der Waals surface area contributed by atoms with Crippen LogP contribution in [0.15, 0.2) is 43.7 Å². The van der Waals surface area contributed by atoms with Crippen molar-refractivity contribution >= 4 is 59.4 Å². The minimum atomic E-state index is -0.642. The number of benzene rings is 2. The number of hydrogen-bond donors (Lipinski definition) is 1. The third-order valence-corrected chi connectivity index (χ3v) is 4.37. The summed E-state index contributed by atoms with van der Waals surface area (Å²) >= 11 is 10.0. The van der Waals surface area contributed by atoms with Gasteiger partial charge in [0.1, 0.15) is 11.6 Å². The Bertz CT molecular complexity index is 684. The number of ether oxygens (including phenoxy) is 1. The lowest BCUT2D eigenvalue weighted by molar-refractivity contribution is 0.102. The van der Waals surface area contributed by atoms with Gasteiger partial charge in [0.25, 0.3) is 5.91 Å². The quantitative estimate of drug-likeness (QED) is 0.639. The molecule has 1 amide bonds. The molecule has 0 aliphatic rings. The van der Waals surface area contributed by atoms with Crippen molar-refractivity contribution in [1.29, 1.82) is 0 Å². The van der Waals surface area contributed by atoms with Crippen LogP contribution in [0.1, 0.15) is 10.4 Å². The van der Waals surface area contributed by atoms with Crippen LogP contribution in [0.25, 0.3) is 0 Å². The summed E-state index contributed by atoms with van der Waals surface area (Å²) in [5.41, 5.74) is 0.468. The Morgan fingerprint density at radius 2 is 1.76 bits per heavy atom. The largest absolute Gasteiger partial charge is 0.497 e. The van der Waals surface area contributed by atoms with Crippen molar-refractivity contribution in [3.8, 4) is 5.75 Å². The summed E-state index contributed by atoms with van der Waals surface area (Å²) in [5.74, 6) is -0.829. The summed E-state index contributed by atoms with van der Waals surface area (Å²) in [6, 6.07) is 7.64. The lowest BCUT2D eigenvalue weighted by Crippen LogP contribution is -2.14. The molecule has 0 heterocycles. The zero-order chi connectivity index (χ0) is 15.6. The third kappa shape index (κ3) is 3.84. The molecule has 0 saturated heterocycles. The molecule has 21 heavy (non-hydrogen) atoms. The van der Waals surface area contributed by atoms with Crippen molar-refractivity contribution in [3.63, 3.8) is 0 Å². The van der Waals surface area contributed by atoms with Crippen molar-refractivity contribution in [3.05, 3.63) is 55.1 Å². The summed E-state index contributed by atoms with van der Waals surface area (Å²) in [6.45, 7) is 0. The van der Waals surface area contributed by atoms with Crippen LogP contribution >= 0.6 is 47.8 Å². The number of amides is 1. The van der Waals surface area contributed by atoms with E-state index in [-0.39, 0.29) is 5.56 Å². The smallest absolute Gasteiger partial charge is 0.258 e. The molecule has 0 aliphatic heterocycles. The van der Waals surface area contributed by atoms with Crippen molar-refractivity contribution in [2.24, 2.45) is 0 Å². The van der Waals surface area contributed by atoms with Crippen LogP contribution in [-0.4, -0.2) is 13.0 Å². The van der Waals surface area contributed by atoms with Gasteiger partial charge in [0.15, 0.2) is 0 Å². The molecule has 0 atom stereocenters. The Morgan fingerprint density at radius 3 is 2.29 bits per heavy atom. The normalized spacial score (nSPS) is 10.3. The second-order valence-electron chi connectivity index (χ2n) is 4.04. The molecule has 7 heteroatoms. The summed E-state index contributed by atoms with van der Waals surface area (Å²) in [7, 11) is 1.44. The molecule has 0 saturated carbocycles. The molecule has 0 radical (unpaired) electrons. The number of hydrogen-bond acceptors (Lipinski definition) is 2. The molecular weight excluding hydrogens is 473 g/mol. The number of methoxy groups -OCH3 is 1. The number of anilines is 1. The zero-order valence-electron chi connectivity index (χ0n) is 10.7. The zero-order valence-corrected chi connectivity index (χ0v) is 15.5. The second kappa shape index (κ2) is 6.89. The molecule has 2 aromatic rings. The van der Waals surface area contributed by atoms with Crippen molar-refractivity contribution in [1.82, 2.24) is 0 Å². The lowest BCUT2D eigenvalue weighted by atomic mass is 10.2. The van der Waals surface area contributed by atoms with Gasteiger partial charge in [-0.25, -0.2) is 4.39 Å². The van der Waals surface area contributed by atoms with Gasteiger partial charge in [-0.15, -0.1) is 0 Å². The van der Waals surface area contributed by atoms with Crippen LogP contribution in [-0.2, 0) is 0 Å². The topological polar surface area (TPSA) is 38.3 Å². The number of rotatable bonds is 3. The minimum absolute atomic E-state index is 0.0579. The van der Waals surface area contributed by atoms with Gasteiger partial charge < -0.3 is 10.1 Å². The number of carbonyl (C=O) groups is 1. The van der Waals surface area contributed by atoms with E-state index in [1.165, 1.54) is 25.3 Å². The van der Waals surface area contributed by atoms with E-state index in [1.807, 2.05) is 0 Å². The highest BCUT2D eigenvalue weighted by atomic mass is 79.9. The Hall–Kier alpha value is -0.920. The number of nitrogens with one attached hydrogen (secondary N) is 1. The van der Waals surface area contributed by atoms with E-state index in [9.17, 15) is 9.18 Å². The molecule has 0 bridgehead atoms. The van der Waals surface area contributed by atoms with Crippen LogP contribution in [0.5, 0.6) is 5.75 Å². The Morgan fingerprint density at radius 1 is 1.14 bits per heavy atom. The van der Waals surface area contributed by atoms with Crippen LogP contribution in [0.2, 0.25) is 0 Å². The van der Waals surface area contributed by atoms with E-state index in [1.54, 1.807) is 12.1 Å². The molecule has 0 fully saturated rings. The maximum absolute atomic E-state index is 13.9. The second-order valence-corrected chi connectivity index (χ2v) is 6.67. The summed E-state index contributed by atoms with van der Waals surface area (Å²) in [4.78, 5) is 12.2. The van der Waals surface area contributed by atoms with E-state index in [0.717, 1.165) is 4.47 Å². The van der Waals surface area contributed by atoms with Gasteiger partial charge in [0, 0.05) is 19.5 Å². The minimum Gasteiger partial charge on any atom is -0.497 e. The van der Waals surface area contributed by atoms with Crippen LogP contribution < -0.4 is 10.1 Å². The Kier molecular flexibility index (Phi) is 5.40. The van der Waals surface area contributed by atoms with E-state index < -0.39 is 11.7 Å². The first-order chi connectivity index (χ1) is 9.92. The van der Waals surface area contributed by atoms with Gasteiger partial charge in [-0.1, -0.05) is 15.9 Å². The predicted octanol–water partition coefficient (Wildman–Crippen LogP) is 5.37. The van der Waals surface area contributed by atoms with Crippen LogP contribution in [0.3, 0.4) is 0 Å². The van der Waals surface area contributed by atoms with Gasteiger partial charge in [0.2, 0.25) is 0 Å². The molecule has 0 aliphatic carbocycles. The summed E-state index contributed by atoms with van der Waals surface area (Å²) in [5, 5.41) is 2.67. The van der Waals surface area contributed by atoms with Crippen LogP contribution in [0, 0.1) is 5.82 Å². The molecule has 2 rings (SSSR count). The van der Waals surface area contributed by atoms with Gasteiger partial charge in [0.05, 0.1) is 18.4 Å². The third-order valence-electron chi connectivity index (χ3n) is 2.67. The molecule has 2 aromatic carbocycles. The molecule has 0 aromatic heterocycles. The predicted molar refractivity (Wildman–Crippen MR) is 90.4 cm³/mol. The number of carbonyl (C=O) groups excluding carboxylic acids is 1. The van der Waals surface area contributed by atoms with Gasteiger partial charge in [-0.2, -0.15) is 0 Å². The van der Waals surface area contributed by atoms with E-state index in [2.05, 4.69) is 53.1 Å². The Balaban J connectivity index is 2.30. The van der Waals surface area contributed by atoms with Crippen molar-refractivity contribution in [2.45, 2.75) is 0 Å². The van der Waals surface area contributed by atoms with Gasteiger partial charge in [-0.05, 0) is 56.1 Å². The summed E-state index contributed by atoms with van der Waals surface area (Å²) < 4.78 is 21.0. The maximum Gasteiger partial charge on any atom is 0.258 e. The van der Waals surface area contributed by atoms with Crippen molar-refractivity contribution in [2.75, 3.05) is 12.4 Å². The first kappa shape index (κ1) is 16.5. The monoisotopic (exact) mass is 479 g/mol. The molecule has 110 valence electrons. The first-order valence-corrected chi connectivity index (χ1v) is 8.09. The highest BCUT2D eigenvalue weighted by Crippen LogP contribution is 2.34. The van der Waals surface area contributed by atoms with E-state index in [4.69, 9.17) is 4.74 Å². The molecule has 0 spiro atoms. The van der Waals surface area contributed by atoms with E-state index in [0.29, 0.717) is 20.4 Å².